The number of hydrogen-bond acceptors (Lipinski definition) is 4. The highest BCUT2D eigenvalue weighted by Gasteiger charge is 2.17. The molecule has 17 heavy (non-hydrogen) atoms. The molecule has 5 heteroatoms. The van der Waals surface area contributed by atoms with E-state index >= 15 is 0 Å². The van der Waals surface area contributed by atoms with Crippen molar-refractivity contribution in [1.82, 2.24) is 10.2 Å². The van der Waals surface area contributed by atoms with E-state index in [4.69, 9.17) is 9.84 Å². The number of carboxylic acid groups (broad SMARTS) is 1. The lowest BCUT2D eigenvalue weighted by Crippen LogP contribution is -2.17. The van der Waals surface area contributed by atoms with Gasteiger partial charge >= 0.3 is 5.97 Å². The number of carbonyl (C=O) groups is 1. The van der Waals surface area contributed by atoms with Crippen molar-refractivity contribution in [2.75, 3.05) is 6.61 Å². The first-order valence-corrected chi connectivity index (χ1v) is 5.95. The van der Waals surface area contributed by atoms with Crippen LogP contribution in [0, 0.1) is 5.92 Å². The second-order valence-corrected chi connectivity index (χ2v) is 4.37. The Morgan fingerprint density at radius 1 is 1.41 bits per heavy atom. The number of ether oxygens (including phenoxy) is 1. The zero-order valence-corrected chi connectivity index (χ0v) is 9.63. The molecule has 1 N–H and O–H groups in total. The van der Waals surface area contributed by atoms with E-state index in [9.17, 15) is 4.79 Å². The summed E-state index contributed by atoms with van der Waals surface area (Å²) in [7, 11) is 0. The van der Waals surface area contributed by atoms with E-state index in [1.54, 1.807) is 0 Å². The van der Waals surface area contributed by atoms with Crippen LogP contribution in [0.15, 0.2) is 12.3 Å². The van der Waals surface area contributed by atoms with Crippen molar-refractivity contribution in [2.45, 2.75) is 32.1 Å². The predicted molar refractivity (Wildman–Crippen MR) is 61.1 cm³/mol. The molecule has 0 bridgehead atoms. The molecule has 0 aromatic carbocycles. The van der Waals surface area contributed by atoms with E-state index in [0.29, 0.717) is 12.5 Å². The number of hydrogen-bond donors (Lipinski definition) is 1. The molecule has 5 nitrogen and oxygen atoms in total. The lowest BCUT2D eigenvalue weighted by Gasteiger charge is -2.21. The molecule has 92 valence electrons. The minimum absolute atomic E-state index is 0.0795. The average Bonchev–Trinajstić information content (AvgIpc) is 2.38. The van der Waals surface area contributed by atoms with Crippen molar-refractivity contribution in [3.05, 3.63) is 17.8 Å². The fourth-order valence-electron chi connectivity index (χ4n) is 2.14. The summed E-state index contributed by atoms with van der Waals surface area (Å²) < 4.78 is 5.48. The zero-order valence-electron chi connectivity index (χ0n) is 9.63. The molecule has 1 aliphatic rings. The molecular formula is C12H16N2O3. The maximum atomic E-state index is 10.9. The van der Waals surface area contributed by atoms with Gasteiger partial charge < -0.3 is 9.84 Å². The standard InChI is InChI=1S/C12H16N2O3/c15-12(16)10-6-7-13-14-11(10)17-8-9-4-2-1-3-5-9/h6-7,9H,1-5,8H2,(H,15,16). The van der Waals surface area contributed by atoms with E-state index in [0.717, 1.165) is 12.8 Å². The summed E-state index contributed by atoms with van der Waals surface area (Å²) in [5.74, 6) is -0.378. The van der Waals surface area contributed by atoms with Gasteiger partial charge in [0.2, 0.25) is 5.88 Å². The van der Waals surface area contributed by atoms with E-state index in [1.807, 2.05) is 0 Å². The Balaban J connectivity index is 1.96. The van der Waals surface area contributed by atoms with Gasteiger partial charge in [0.15, 0.2) is 0 Å². The van der Waals surface area contributed by atoms with Gasteiger partial charge in [0.25, 0.3) is 0 Å². The maximum Gasteiger partial charge on any atom is 0.341 e. The topological polar surface area (TPSA) is 72.3 Å². The second-order valence-electron chi connectivity index (χ2n) is 4.37. The molecule has 0 aliphatic heterocycles. The normalized spacial score (nSPS) is 16.7. The molecule has 1 aliphatic carbocycles. The van der Waals surface area contributed by atoms with Gasteiger partial charge in [-0.05, 0) is 24.8 Å². The van der Waals surface area contributed by atoms with Crippen LogP contribution in [0.5, 0.6) is 5.88 Å². The first kappa shape index (κ1) is 11.8. The van der Waals surface area contributed by atoms with Gasteiger partial charge in [0.05, 0.1) is 12.8 Å². The Morgan fingerprint density at radius 2 is 2.18 bits per heavy atom. The Hall–Kier alpha value is -1.65. The van der Waals surface area contributed by atoms with E-state index in [2.05, 4.69) is 10.2 Å². The van der Waals surface area contributed by atoms with Gasteiger partial charge in [-0.2, -0.15) is 5.10 Å². The van der Waals surface area contributed by atoms with Crippen LogP contribution in [-0.2, 0) is 0 Å². The number of carboxylic acids is 1. The molecular weight excluding hydrogens is 220 g/mol. The zero-order chi connectivity index (χ0) is 12.1. The third-order valence-electron chi connectivity index (χ3n) is 3.10. The Morgan fingerprint density at radius 3 is 2.88 bits per heavy atom. The monoisotopic (exact) mass is 236 g/mol. The summed E-state index contributed by atoms with van der Waals surface area (Å²) in [5.41, 5.74) is 0.0795. The molecule has 1 heterocycles. The van der Waals surface area contributed by atoms with Crippen LogP contribution >= 0.6 is 0 Å². The average molecular weight is 236 g/mol. The van der Waals surface area contributed by atoms with E-state index < -0.39 is 5.97 Å². The summed E-state index contributed by atoms with van der Waals surface area (Å²) in [5, 5.41) is 16.3. The van der Waals surface area contributed by atoms with Crippen LogP contribution < -0.4 is 4.74 Å². The summed E-state index contributed by atoms with van der Waals surface area (Å²) in [6.45, 7) is 0.541. The minimum Gasteiger partial charge on any atom is -0.477 e. The van der Waals surface area contributed by atoms with Crippen molar-refractivity contribution in [3.63, 3.8) is 0 Å². The number of rotatable bonds is 4. The highest BCUT2D eigenvalue weighted by molar-refractivity contribution is 5.89. The lowest BCUT2D eigenvalue weighted by molar-refractivity contribution is 0.0688. The van der Waals surface area contributed by atoms with Gasteiger partial charge in [-0.15, -0.1) is 5.10 Å². The summed E-state index contributed by atoms with van der Waals surface area (Å²) >= 11 is 0. The minimum atomic E-state index is -1.03. The lowest BCUT2D eigenvalue weighted by atomic mass is 9.90. The maximum absolute atomic E-state index is 10.9. The molecule has 0 saturated heterocycles. The van der Waals surface area contributed by atoms with Gasteiger partial charge in [0.1, 0.15) is 5.56 Å². The SMILES string of the molecule is O=C(O)c1ccnnc1OCC1CCCCC1. The molecule has 2 rings (SSSR count). The molecule has 1 aromatic heterocycles. The van der Waals surface area contributed by atoms with Crippen LogP contribution in [0.3, 0.4) is 0 Å². The number of nitrogens with zero attached hydrogens (tertiary/aromatic N) is 2. The van der Waals surface area contributed by atoms with Crippen LogP contribution in [0.25, 0.3) is 0 Å². The third-order valence-corrected chi connectivity index (χ3v) is 3.10. The summed E-state index contributed by atoms with van der Waals surface area (Å²) in [6, 6.07) is 1.41. The summed E-state index contributed by atoms with van der Waals surface area (Å²) in [6.07, 6.45) is 7.44. The van der Waals surface area contributed by atoms with Crippen molar-refractivity contribution < 1.29 is 14.6 Å². The highest BCUT2D eigenvalue weighted by Crippen LogP contribution is 2.24. The van der Waals surface area contributed by atoms with Gasteiger partial charge in [0, 0.05) is 0 Å². The molecule has 1 saturated carbocycles. The first-order chi connectivity index (χ1) is 8.27. The van der Waals surface area contributed by atoms with Crippen LogP contribution in [0.2, 0.25) is 0 Å². The van der Waals surface area contributed by atoms with Crippen LogP contribution in [0.4, 0.5) is 0 Å². The largest absolute Gasteiger partial charge is 0.477 e. The van der Waals surface area contributed by atoms with Crippen molar-refractivity contribution in [1.29, 1.82) is 0 Å². The van der Waals surface area contributed by atoms with Crippen LogP contribution in [0.1, 0.15) is 42.5 Å². The molecule has 1 aromatic rings. The van der Waals surface area contributed by atoms with Gasteiger partial charge in [-0.1, -0.05) is 19.3 Å². The highest BCUT2D eigenvalue weighted by atomic mass is 16.5. The number of aromatic nitrogens is 2. The van der Waals surface area contributed by atoms with Gasteiger partial charge in [-0.25, -0.2) is 4.79 Å². The molecule has 0 unspecified atom stereocenters. The van der Waals surface area contributed by atoms with Gasteiger partial charge in [-0.3, -0.25) is 0 Å². The fraction of sp³-hybridized carbons (Fsp3) is 0.583. The molecule has 0 spiro atoms. The van der Waals surface area contributed by atoms with Crippen molar-refractivity contribution in [2.24, 2.45) is 5.92 Å². The fourth-order valence-corrected chi connectivity index (χ4v) is 2.14. The summed E-state index contributed by atoms with van der Waals surface area (Å²) in [4.78, 5) is 10.9. The smallest absolute Gasteiger partial charge is 0.341 e. The van der Waals surface area contributed by atoms with E-state index in [1.165, 1.54) is 31.5 Å². The Kier molecular flexibility index (Phi) is 3.90. The predicted octanol–water partition coefficient (Wildman–Crippen LogP) is 2.13. The van der Waals surface area contributed by atoms with Crippen molar-refractivity contribution in [3.8, 4) is 5.88 Å². The van der Waals surface area contributed by atoms with E-state index in [-0.39, 0.29) is 11.4 Å². The first-order valence-electron chi connectivity index (χ1n) is 5.95. The Labute approximate surface area is 99.8 Å². The molecule has 1 fully saturated rings. The number of aromatic carboxylic acids is 1. The third kappa shape index (κ3) is 3.15. The van der Waals surface area contributed by atoms with Crippen molar-refractivity contribution >= 4 is 5.97 Å². The van der Waals surface area contributed by atoms with Crippen LogP contribution in [-0.4, -0.2) is 27.9 Å². The molecule has 0 amide bonds. The molecule has 0 atom stereocenters. The molecule has 0 radical (unpaired) electrons. The Bertz CT molecular complexity index is 389. The quantitative estimate of drug-likeness (QED) is 0.867. The second kappa shape index (κ2) is 5.61.